The average molecular weight is 282 g/mol. The van der Waals surface area contributed by atoms with Crippen LogP contribution in [0.3, 0.4) is 0 Å². The van der Waals surface area contributed by atoms with Gasteiger partial charge in [-0.1, -0.05) is 36.4 Å². The van der Waals surface area contributed by atoms with Crippen LogP contribution in [0.4, 0.5) is 13.2 Å². The molecule has 3 nitrogen and oxygen atoms in total. The second kappa shape index (κ2) is 5.50. The van der Waals surface area contributed by atoms with Crippen LogP contribution in [-0.4, -0.2) is 18.6 Å². The van der Waals surface area contributed by atoms with Crippen LogP contribution in [0.1, 0.15) is 11.6 Å². The molecule has 0 saturated heterocycles. The molecule has 1 amide bonds. The van der Waals surface area contributed by atoms with Crippen LogP contribution < -0.4 is 11.1 Å². The van der Waals surface area contributed by atoms with E-state index in [1.165, 1.54) is 0 Å². The Hall–Kier alpha value is -2.08. The Balaban J connectivity index is 2.29. The van der Waals surface area contributed by atoms with Gasteiger partial charge >= 0.3 is 6.18 Å². The Bertz CT molecular complexity index is 625. The summed E-state index contributed by atoms with van der Waals surface area (Å²) < 4.78 is 36.7. The molecule has 0 aliphatic carbocycles. The summed E-state index contributed by atoms with van der Waals surface area (Å²) >= 11 is 0. The molecular weight excluding hydrogens is 269 g/mol. The SMILES string of the molecule is NC(=O)C(NCC(F)(F)F)c1ccc2ccccc2c1. The van der Waals surface area contributed by atoms with E-state index < -0.39 is 24.7 Å². The van der Waals surface area contributed by atoms with Crippen LogP contribution in [-0.2, 0) is 4.79 Å². The van der Waals surface area contributed by atoms with Crippen molar-refractivity contribution in [1.29, 1.82) is 0 Å². The number of hydrogen-bond donors (Lipinski definition) is 2. The van der Waals surface area contributed by atoms with E-state index in [0.29, 0.717) is 5.56 Å². The zero-order valence-corrected chi connectivity index (χ0v) is 10.4. The first-order valence-corrected chi connectivity index (χ1v) is 5.95. The Morgan fingerprint density at radius 3 is 2.40 bits per heavy atom. The van der Waals surface area contributed by atoms with Gasteiger partial charge in [0.25, 0.3) is 0 Å². The molecule has 0 aliphatic rings. The van der Waals surface area contributed by atoms with Gasteiger partial charge in [-0.2, -0.15) is 13.2 Å². The molecule has 0 heterocycles. The molecular formula is C14H13F3N2O. The average Bonchev–Trinajstić information content (AvgIpc) is 2.37. The summed E-state index contributed by atoms with van der Waals surface area (Å²) in [5, 5.41) is 3.92. The number of nitrogens with one attached hydrogen (secondary N) is 1. The first kappa shape index (κ1) is 14.3. The number of carbonyl (C=O) groups excluding carboxylic acids is 1. The summed E-state index contributed by atoms with van der Waals surface area (Å²) in [5.41, 5.74) is 5.59. The van der Waals surface area contributed by atoms with Gasteiger partial charge in [-0.25, -0.2) is 0 Å². The summed E-state index contributed by atoms with van der Waals surface area (Å²) in [5.74, 6) is -0.843. The largest absolute Gasteiger partial charge is 0.401 e. The van der Waals surface area contributed by atoms with Crippen molar-refractivity contribution >= 4 is 16.7 Å². The van der Waals surface area contributed by atoms with Crippen LogP contribution in [0.2, 0.25) is 0 Å². The summed E-state index contributed by atoms with van der Waals surface area (Å²) in [6.45, 7) is -1.27. The van der Waals surface area contributed by atoms with E-state index in [1.54, 1.807) is 18.2 Å². The monoisotopic (exact) mass is 282 g/mol. The smallest absolute Gasteiger partial charge is 0.368 e. The number of fused-ring (bicyclic) bond motifs is 1. The van der Waals surface area contributed by atoms with Crippen LogP contribution in [0.5, 0.6) is 0 Å². The maximum absolute atomic E-state index is 12.2. The normalized spacial score (nSPS) is 13.3. The number of primary amides is 1. The van der Waals surface area contributed by atoms with E-state index in [4.69, 9.17) is 5.73 Å². The molecule has 1 unspecified atom stereocenters. The maximum atomic E-state index is 12.2. The van der Waals surface area contributed by atoms with Crippen molar-refractivity contribution in [2.24, 2.45) is 5.73 Å². The molecule has 6 heteroatoms. The second-order valence-electron chi connectivity index (χ2n) is 4.44. The fourth-order valence-electron chi connectivity index (χ4n) is 1.99. The van der Waals surface area contributed by atoms with Crippen molar-refractivity contribution in [2.75, 3.05) is 6.54 Å². The molecule has 0 bridgehead atoms. The quantitative estimate of drug-likeness (QED) is 0.905. The molecule has 2 rings (SSSR count). The molecule has 3 N–H and O–H groups in total. The van der Waals surface area contributed by atoms with Gasteiger partial charge in [0.05, 0.1) is 6.54 Å². The van der Waals surface area contributed by atoms with E-state index in [-0.39, 0.29) is 0 Å². The van der Waals surface area contributed by atoms with E-state index in [0.717, 1.165) is 10.8 Å². The number of alkyl halides is 3. The molecule has 2 aromatic carbocycles. The lowest BCUT2D eigenvalue weighted by atomic mass is 10.0. The van der Waals surface area contributed by atoms with E-state index in [9.17, 15) is 18.0 Å². The van der Waals surface area contributed by atoms with Gasteiger partial charge in [0, 0.05) is 0 Å². The van der Waals surface area contributed by atoms with Crippen LogP contribution in [0, 0.1) is 0 Å². The maximum Gasteiger partial charge on any atom is 0.401 e. The number of nitrogens with two attached hydrogens (primary N) is 1. The van der Waals surface area contributed by atoms with Crippen LogP contribution in [0.15, 0.2) is 42.5 Å². The molecule has 0 radical (unpaired) electrons. The number of rotatable bonds is 4. The van der Waals surface area contributed by atoms with E-state index >= 15 is 0 Å². The minimum atomic E-state index is -4.40. The molecule has 0 fully saturated rings. The summed E-state index contributed by atoms with van der Waals surface area (Å²) in [6, 6.07) is 11.2. The zero-order valence-electron chi connectivity index (χ0n) is 10.4. The first-order chi connectivity index (χ1) is 9.37. The third-order valence-electron chi connectivity index (χ3n) is 2.90. The van der Waals surface area contributed by atoms with Gasteiger partial charge in [0.2, 0.25) is 5.91 Å². The van der Waals surface area contributed by atoms with Crippen molar-refractivity contribution in [3.63, 3.8) is 0 Å². The molecule has 20 heavy (non-hydrogen) atoms. The standard InChI is InChI=1S/C14H13F3N2O/c15-14(16,17)8-19-12(13(18)20)11-6-5-9-3-1-2-4-10(9)7-11/h1-7,12,19H,8H2,(H2,18,20). The number of amides is 1. The molecule has 0 saturated carbocycles. The van der Waals surface area contributed by atoms with Crippen molar-refractivity contribution in [3.05, 3.63) is 48.0 Å². The minimum Gasteiger partial charge on any atom is -0.368 e. The molecule has 0 aliphatic heterocycles. The number of hydrogen-bond acceptors (Lipinski definition) is 2. The molecule has 0 spiro atoms. The predicted molar refractivity (Wildman–Crippen MR) is 69.9 cm³/mol. The summed E-state index contributed by atoms with van der Waals surface area (Å²) in [6.07, 6.45) is -4.40. The minimum absolute atomic E-state index is 0.417. The topological polar surface area (TPSA) is 55.1 Å². The number of benzene rings is 2. The van der Waals surface area contributed by atoms with Gasteiger partial charge in [-0.05, 0) is 22.4 Å². The van der Waals surface area contributed by atoms with Crippen molar-refractivity contribution in [2.45, 2.75) is 12.2 Å². The molecule has 2 aromatic rings. The summed E-state index contributed by atoms with van der Waals surface area (Å²) in [7, 11) is 0. The third-order valence-corrected chi connectivity index (χ3v) is 2.90. The summed E-state index contributed by atoms with van der Waals surface area (Å²) in [4.78, 5) is 11.3. The molecule has 106 valence electrons. The van der Waals surface area contributed by atoms with Gasteiger partial charge in [0.15, 0.2) is 0 Å². The van der Waals surface area contributed by atoms with Gasteiger partial charge < -0.3 is 5.73 Å². The fourth-order valence-corrected chi connectivity index (χ4v) is 1.99. The lowest BCUT2D eigenvalue weighted by molar-refractivity contribution is -0.130. The Labute approximate surface area is 113 Å². The van der Waals surface area contributed by atoms with Crippen LogP contribution in [0.25, 0.3) is 10.8 Å². The Morgan fingerprint density at radius 1 is 1.15 bits per heavy atom. The predicted octanol–water partition coefficient (Wildman–Crippen LogP) is 2.52. The first-order valence-electron chi connectivity index (χ1n) is 5.95. The highest BCUT2D eigenvalue weighted by atomic mass is 19.4. The molecule has 0 aromatic heterocycles. The van der Waals surface area contributed by atoms with E-state index in [2.05, 4.69) is 5.32 Å². The number of halogens is 3. The van der Waals surface area contributed by atoms with Crippen LogP contribution >= 0.6 is 0 Å². The highest BCUT2D eigenvalue weighted by molar-refractivity contribution is 5.86. The fraction of sp³-hybridized carbons (Fsp3) is 0.214. The molecule has 1 atom stereocenters. The van der Waals surface area contributed by atoms with Gasteiger partial charge in [-0.15, -0.1) is 0 Å². The van der Waals surface area contributed by atoms with E-state index in [1.807, 2.05) is 24.3 Å². The number of carbonyl (C=O) groups is 1. The highest BCUT2D eigenvalue weighted by Gasteiger charge is 2.30. The lowest BCUT2D eigenvalue weighted by Gasteiger charge is -2.17. The van der Waals surface area contributed by atoms with Crippen molar-refractivity contribution in [1.82, 2.24) is 5.32 Å². The van der Waals surface area contributed by atoms with Gasteiger partial charge in [0.1, 0.15) is 6.04 Å². The lowest BCUT2D eigenvalue weighted by Crippen LogP contribution is -2.38. The highest BCUT2D eigenvalue weighted by Crippen LogP contribution is 2.22. The zero-order chi connectivity index (χ0) is 14.8. The van der Waals surface area contributed by atoms with Gasteiger partial charge in [-0.3, -0.25) is 10.1 Å². The Morgan fingerprint density at radius 2 is 1.80 bits per heavy atom. The Kier molecular flexibility index (Phi) is 3.94. The second-order valence-corrected chi connectivity index (χ2v) is 4.44. The van der Waals surface area contributed by atoms with Crippen molar-refractivity contribution < 1.29 is 18.0 Å². The van der Waals surface area contributed by atoms with Crippen molar-refractivity contribution in [3.8, 4) is 0 Å². The third kappa shape index (κ3) is 3.48.